The number of hydrogen-bond acceptors (Lipinski definition) is 3. The lowest BCUT2D eigenvalue weighted by molar-refractivity contribution is -0.117. The smallest absolute Gasteiger partial charge is 0.155 e. The van der Waals surface area contributed by atoms with E-state index in [-0.39, 0.29) is 17.4 Å². The first kappa shape index (κ1) is 17.3. The maximum absolute atomic E-state index is 11.9. The molecular weight excluding hydrogens is 312 g/mol. The molecule has 4 aliphatic carbocycles. The number of carbonyl (C=O) groups excluding carboxylic acids is 1. The summed E-state index contributed by atoms with van der Waals surface area (Å²) in [5, 5.41) is 19.3. The fourth-order valence-electron chi connectivity index (χ4n) is 7.41. The van der Waals surface area contributed by atoms with Crippen molar-refractivity contribution in [1.29, 1.82) is 0 Å². The summed E-state index contributed by atoms with van der Waals surface area (Å²) in [5.74, 6) is 2.78. The number of allylic oxidation sites excluding steroid dienone is 1. The van der Waals surface area contributed by atoms with E-state index in [0.717, 1.165) is 37.2 Å². The van der Waals surface area contributed by atoms with E-state index in [1.807, 2.05) is 6.08 Å². The van der Waals surface area contributed by atoms with Gasteiger partial charge >= 0.3 is 0 Å². The van der Waals surface area contributed by atoms with Crippen LogP contribution >= 0.6 is 0 Å². The van der Waals surface area contributed by atoms with Crippen LogP contribution in [0.4, 0.5) is 0 Å². The minimum atomic E-state index is -0.0235. The molecule has 0 bridgehead atoms. The minimum absolute atomic E-state index is 0.0235. The molecule has 4 rings (SSSR count). The van der Waals surface area contributed by atoms with E-state index >= 15 is 0 Å². The summed E-state index contributed by atoms with van der Waals surface area (Å²) >= 11 is 0. The Hall–Kier alpha value is -1.09. The number of rotatable bonds is 2. The second-order valence-corrected chi connectivity index (χ2v) is 9.51. The van der Waals surface area contributed by atoms with E-state index in [1.165, 1.54) is 37.5 Å². The molecule has 0 aromatic rings. The molecule has 3 heteroatoms. The van der Waals surface area contributed by atoms with Gasteiger partial charge in [0.2, 0.25) is 0 Å². The Morgan fingerprint density at radius 3 is 2.68 bits per heavy atom. The number of carbonyl (C=O) groups is 1. The van der Waals surface area contributed by atoms with E-state index in [0.29, 0.717) is 23.5 Å². The van der Waals surface area contributed by atoms with E-state index < -0.39 is 0 Å². The number of fused-ring (bicyclic) bond motifs is 5. The lowest BCUT2D eigenvalue weighted by Gasteiger charge is -2.58. The molecule has 3 saturated carbocycles. The lowest BCUT2D eigenvalue weighted by Crippen LogP contribution is -2.50. The van der Waals surface area contributed by atoms with Gasteiger partial charge in [0, 0.05) is 6.42 Å². The molecule has 0 aromatic heterocycles. The summed E-state index contributed by atoms with van der Waals surface area (Å²) in [6.45, 7) is 4.80. The van der Waals surface area contributed by atoms with Crippen molar-refractivity contribution in [3.8, 4) is 0 Å². The molecule has 0 aromatic carbocycles. The van der Waals surface area contributed by atoms with Crippen molar-refractivity contribution < 1.29 is 15.0 Å². The van der Waals surface area contributed by atoms with Crippen LogP contribution in [0, 0.1) is 34.5 Å². The second kappa shape index (κ2) is 5.97. The number of aliphatic hydroxyl groups is 2. The van der Waals surface area contributed by atoms with Crippen molar-refractivity contribution in [2.24, 2.45) is 34.5 Å². The molecule has 0 amide bonds. The average Bonchev–Trinajstić information content (AvgIpc) is 2.94. The zero-order valence-corrected chi connectivity index (χ0v) is 15.6. The quantitative estimate of drug-likeness (QED) is 0.722. The number of hydrogen-bond donors (Lipinski definition) is 2. The minimum Gasteiger partial charge on any atom is -0.516 e. The van der Waals surface area contributed by atoms with Crippen molar-refractivity contribution >= 4 is 5.78 Å². The molecular formula is C22H32O3. The van der Waals surface area contributed by atoms with Gasteiger partial charge in [-0.2, -0.15) is 0 Å². The largest absolute Gasteiger partial charge is 0.516 e. The molecule has 2 N–H and O–H groups in total. The van der Waals surface area contributed by atoms with Crippen molar-refractivity contribution in [1.82, 2.24) is 0 Å². The van der Waals surface area contributed by atoms with Crippen molar-refractivity contribution in [3.05, 3.63) is 23.5 Å². The molecule has 0 aliphatic heterocycles. The monoisotopic (exact) mass is 344 g/mol. The third-order valence-electron chi connectivity index (χ3n) is 8.76. The van der Waals surface area contributed by atoms with E-state index in [4.69, 9.17) is 0 Å². The number of ketones is 1. The zero-order valence-electron chi connectivity index (χ0n) is 15.6. The van der Waals surface area contributed by atoms with Gasteiger partial charge in [0.1, 0.15) is 0 Å². The molecule has 138 valence electrons. The van der Waals surface area contributed by atoms with Gasteiger partial charge in [0.15, 0.2) is 5.78 Å². The van der Waals surface area contributed by atoms with Crippen LogP contribution in [-0.2, 0) is 4.79 Å². The Morgan fingerprint density at radius 1 is 1.16 bits per heavy atom. The van der Waals surface area contributed by atoms with Gasteiger partial charge in [-0.25, -0.2) is 0 Å². The summed E-state index contributed by atoms with van der Waals surface area (Å²) in [7, 11) is 0. The summed E-state index contributed by atoms with van der Waals surface area (Å²) in [6.07, 6.45) is 11.9. The highest BCUT2D eigenvalue weighted by Crippen LogP contribution is 2.67. The van der Waals surface area contributed by atoms with Crippen LogP contribution in [0.3, 0.4) is 0 Å². The first-order chi connectivity index (χ1) is 11.9. The summed E-state index contributed by atoms with van der Waals surface area (Å²) in [6, 6.07) is 0. The van der Waals surface area contributed by atoms with Crippen LogP contribution in [0.1, 0.15) is 65.2 Å². The molecule has 0 saturated heterocycles. The van der Waals surface area contributed by atoms with Gasteiger partial charge in [0.05, 0.1) is 12.9 Å². The zero-order chi connectivity index (χ0) is 17.8. The molecule has 3 fully saturated rings. The van der Waals surface area contributed by atoms with Crippen LogP contribution in [0.5, 0.6) is 0 Å². The lowest BCUT2D eigenvalue weighted by atomic mass is 9.46. The normalized spacial score (nSPS) is 46.9. The average molecular weight is 344 g/mol. The summed E-state index contributed by atoms with van der Waals surface area (Å²) in [4.78, 5) is 11.9. The van der Waals surface area contributed by atoms with Crippen LogP contribution in [0.15, 0.2) is 23.5 Å². The second-order valence-electron chi connectivity index (χ2n) is 9.51. The third kappa shape index (κ3) is 2.38. The Kier molecular flexibility index (Phi) is 4.14. The summed E-state index contributed by atoms with van der Waals surface area (Å²) < 4.78 is 0. The van der Waals surface area contributed by atoms with E-state index in [9.17, 15) is 15.0 Å². The Bertz CT molecular complexity index is 633. The van der Waals surface area contributed by atoms with E-state index in [1.54, 1.807) is 0 Å². The first-order valence-electron chi connectivity index (χ1n) is 10.1. The predicted octanol–water partition coefficient (Wildman–Crippen LogP) is 4.57. The van der Waals surface area contributed by atoms with Crippen molar-refractivity contribution in [2.45, 2.75) is 65.2 Å². The molecule has 0 spiro atoms. The highest BCUT2D eigenvalue weighted by molar-refractivity contribution is 5.91. The van der Waals surface area contributed by atoms with Crippen molar-refractivity contribution in [2.75, 3.05) is 6.61 Å². The van der Waals surface area contributed by atoms with E-state index in [2.05, 4.69) is 13.8 Å². The Morgan fingerprint density at radius 2 is 1.96 bits per heavy atom. The molecule has 4 aliphatic rings. The maximum Gasteiger partial charge on any atom is 0.155 e. The van der Waals surface area contributed by atoms with Crippen LogP contribution in [0.25, 0.3) is 0 Å². The highest BCUT2D eigenvalue weighted by Gasteiger charge is 2.59. The van der Waals surface area contributed by atoms with Gasteiger partial charge in [-0.3, -0.25) is 4.79 Å². The topological polar surface area (TPSA) is 57.5 Å². The molecule has 0 unspecified atom stereocenters. The van der Waals surface area contributed by atoms with Gasteiger partial charge < -0.3 is 10.2 Å². The van der Waals surface area contributed by atoms with Gasteiger partial charge in [0.25, 0.3) is 0 Å². The number of aliphatic hydroxyl groups excluding tert-OH is 2. The highest BCUT2D eigenvalue weighted by atomic mass is 16.3. The van der Waals surface area contributed by atoms with Gasteiger partial charge in [-0.1, -0.05) is 19.4 Å². The molecule has 0 heterocycles. The fraction of sp³-hybridized carbons (Fsp3) is 0.773. The first-order valence-corrected chi connectivity index (χ1v) is 10.1. The van der Waals surface area contributed by atoms with Gasteiger partial charge in [-0.05, 0) is 91.1 Å². The Balaban J connectivity index is 1.65. The maximum atomic E-state index is 11.9. The molecule has 0 radical (unpaired) electrons. The predicted molar refractivity (Wildman–Crippen MR) is 98.0 cm³/mol. The Labute approximate surface area is 151 Å². The molecule has 25 heavy (non-hydrogen) atoms. The van der Waals surface area contributed by atoms with Gasteiger partial charge in [-0.15, -0.1) is 0 Å². The standard InChI is InChI=1S/C22H32O3/c1-21-9-7-16(25)11-15(21)3-4-17-19-6-5-18(14(12-23)13-24)22(19,2)10-8-20(17)21/h11-12,17-20,23-24H,3-10,13H2,1-2H3/t17-,18+,19-,20-,21-,22+/m0/s1. The van der Waals surface area contributed by atoms with Crippen LogP contribution in [0.2, 0.25) is 0 Å². The molecule has 6 atom stereocenters. The molecule has 3 nitrogen and oxygen atoms in total. The van der Waals surface area contributed by atoms with Crippen LogP contribution in [-0.4, -0.2) is 22.6 Å². The van der Waals surface area contributed by atoms with Crippen LogP contribution < -0.4 is 0 Å². The fourth-order valence-corrected chi connectivity index (χ4v) is 7.41. The van der Waals surface area contributed by atoms with Crippen molar-refractivity contribution in [3.63, 3.8) is 0 Å². The summed E-state index contributed by atoms with van der Waals surface area (Å²) in [5.41, 5.74) is 2.69. The third-order valence-corrected chi connectivity index (χ3v) is 8.76. The SMILES string of the molecule is C[C@]12CC[C@H]3[C@@H](CCC4=CC(=O)CC[C@@]43C)[C@@H]1CC[C@@H]2C(=CO)CO.